The van der Waals surface area contributed by atoms with Crippen LogP contribution in [0, 0.1) is 0 Å². The molecule has 1 amide bonds. The summed E-state index contributed by atoms with van der Waals surface area (Å²) in [5, 5.41) is 7.71. The highest BCUT2D eigenvalue weighted by Crippen LogP contribution is 2.39. The number of carbonyl (C=O) groups is 1. The molecule has 5 rings (SSSR count). The van der Waals surface area contributed by atoms with Gasteiger partial charge in [-0.15, -0.1) is 0 Å². The van der Waals surface area contributed by atoms with E-state index < -0.39 is 0 Å². The average Bonchev–Trinajstić information content (AvgIpc) is 3.38. The number of H-pyrrole nitrogens is 1. The van der Waals surface area contributed by atoms with Gasteiger partial charge in [0.1, 0.15) is 5.75 Å². The first-order valence-electron chi connectivity index (χ1n) is 12.5. The van der Waals surface area contributed by atoms with E-state index in [4.69, 9.17) is 21.3 Å². The number of halogens is 1. The molecule has 0 atom stereocenters. The van der Waals surface area contributed by atoms with Crippen molar-refractivity contribution in [2.75, 3.05) is 37.9 Å². The lowest BCUT2D eigenvalue weighted by Gasteiger charge is -2.24. The number of rotatable bonds is 8. The van der Waals surface area contributed by atoms with Crippen LogP contribution in [0.25, 0.3) is 27.7 Å². The number of likely N-dealkylation sites (N-methyl/N-ethyl adjacent to an activating group) is 1. The third-order valence-electron chi connectivity index (χ3n) is 6.57. The summed E-state index contributed by atoms with van der Waals surface area (Å²) in [6.45, 7) is 5.39. The zero-order valence-electron chi connectivity index (χ0n) is 21.8. The maximum Gasteiger partial charge on any atom is 0.248 e. The second kappa shape index (κ2) is 11.6. The van der Waals surface area contributed by atoms with Crippen molar-refractivity contribution < 1.29 is 9.53 Å². The third-order valence-corrected chi connectivity index (χ3v) is 6.85. The zero-order valence-corrected chi connectivity index (χ0v) is 22.5. The van der Waals surface area contributed by atoms with E-state index in [0.29, 0.717) is 33.8 Å². The maximum atomic E-state index is 12.6. The molecule has 0 aliphatic carbocycles. The smallest absolute Gasteiger partial charge is 0.248 e. The number of ether oxygens (including phenoxy) is 1. The van der Waals surface area contributed by atoms with Gasteiger partial charge in [-0.1, -0.05) is 54.6 Å². The van der Waals surface area contributed by atoms with Crippen molar-refractivity contribution in [2.45, 2.75) is 6.42 Å². The van der Waals surface area contributed by atoms with Crippen LogP contribution in [0.1, 0.15) is 12.0 Å². The lowest BCUT2D eigenvalue weighted by molar-refractivity contribution is -0.111. The normalized spacial score (nSPS) is 13.9. The number of hydrogen-bond acceptors (Lipinski definition) is 6. The fourth-order valence-corrected chi connectivity index (χ4v) is 4.76. The van der Waals surface area contributed by atoms with Crippen molar-refractivity contribution in [1.29, 1.82) is 0 Å². The molecule has 0 spiro atoms. The first-order chi connectivity index (χ1) is 19.0. The van der Waals surface area contributed by atoms with Gasteiger partial charge in [0.2, 0.25) is 11.9 Å². The van der Waals surface area contributed by atoms with E-state index in [1.165, 1.54) is 6.08 Å². The lowest BCUT2D eigenvalue weighted by atomic mass is 9.97. The van der Waals surface area contributed by atoms with Gasteiger partial charge in [-0.3, -0.25) is 4.79 Å². The van der Waals surface area contributed by atoms with Gasteiger partial charge in [0.15, 0.2) is 0 Å². The molecule has 3 N–H and O–H groups in total. The summed E-state index contributed by atoms with van der Waals surface area (Å²) in [5.74, 6) is 0.676. The second-order valence-corrected chi connectivity index (χ2v) is 9.59. The number of hydrogen-bond donors (Lipinski definition) is 3. The number of nitrogens with one attached hydrogen (secondary N) is 3. The Morgan fingerprint density at radius 2 is 2.08 bits per heavy atom. The fourth-order valence-electron chi connectivity index (χ4n) is 4.56. The standard InChI is InChI=1S/C30H29ClN6O2/c1-4-5-10-28(38)34-25-16-26(27(39-3)15-21(25)19-11-13-37(2)14-12-19)35-30-33-18-23(31)29(36-30)22-17-32-24-9-7-6-8-20(22)24/h4-11,15-18,32H,1,12-14H2,2-3H3,(H,34,38)(H,33,35,36)/b10-5+. The van der Waals surface area contributed by atoms with E-state index in [-0.39, 0.29) is 5.91 Å². The molecule has 3 heterocycles. The Hall–Kier alpha value is -4.40. The Balaban J connectivity index is 1.54. The predicted octanol–water partition coefficient (Wildman–Crippen LogP) is 6.43. The number of carbonyl (C=O) groups excluding carboxylic acids is 1. The van der Waals surface area contributed by atoms with Gasteiger partial charge in [0, 0.05) is 47.4 Å². The molecule has 0 fully saturated rings. The van der Waals surface area contributed by atoms with Crippen LogP contribution in [0.15, 0.2) is 79.7 Å². The second-order valence-electron chi connectivity index (χ2n) is 9.19. The number of amides is 1. The van der Waals surface area contributed by atoms with Crippen molar-refractivity contribution in [3.05, 3.63) is 90.3 Å². The molecular weight excluding hydrogens is 512 g/mol. The van der Waals surface area contributed by atoms with E-state index in [0.717, 1.165) is 47.1 Å². The Morgan fingerprint density at radius 3 is 2.85 bits per heavy atom. The molecule has 198 valence electrons. The highest BCUT2D eigenvalue weighted by atomic mass is 35.5. The largest absolute Gasteiger partial charge is 0.495 e. The molecule has 0 bridgehead atoms. The average molecular weight is 541 g/mol. The lowest BCUT2D eigenvalue weighted by Crippen LogP contribution is -2.24. The van der Waals surface area contributed by atoms with E-state index in [2.05, 4.69) is 45.2 Å². The van der Waals surface area contributed by atoms with Crippen LogP contribution in [-0.2, 0) is 4.79 Å². The van der Waals surface area contributed by atoms with Crippen LogP contribution < -0.4 is 15.4 Å². The molecule has 0 saturated carbocycles. The number of aromatic amines is 1. The molecule has 9 heteroatoms. The van der Waals surface area contributed by atoms with Gasteiger partial charge >= 0.3 is 0 Å². The summed E-state index contributed by atoms with van der Waals surface area (Å²) in [6.07, 6.45) is 11.1. The minimum Gasteiger partial charge on any atom is -0.495 e. The summed E-state index contributed by atoms with van der Waals surface area (Å²) in [6, 6.07) is 11.7. The predicted molar refractivity (Wildman–Crippen MR) is 159 cm³/mol. The molecule has 0 saturated heterocycles. The Bertz CT molecular complexity index is 1610. The van der Waals surface area contributed by atoms with Crippen molar-refractivity contribution in [3.63, 3.8) is 0 Å². The van der Waals surface area contributed by atoms with Crippen LogP contribution in [0.3, 0.4) is 0 Å². The van der Waals surface area contributed by atoms with Gasteiger partial charge in [0.25, 0.3) is 0 Å². The minimum atomic E-state index is -0.259. The molecule has 39 heavy (non-hydrogen) atoms. The van der Waals surface area contributed by atoms with Crippen LogP contribution >= 0.6 is 11.6 Å². The highest BCUT2D eigenvalue weighted by Gasteiger charge is 2.19. The number of benzene rings is 2. The zero-order chi connectivity index (χ0) is 27.4. The van der Waals surface area contributed by atoms with Gasteiger partial charge in [-0.05, 0) is 37.2 Å². The molecule has 4 aromatic rings. The van der Waals surface area contributed by atoms with E-state index in [1.807, 2.05) is 42.6 Å². The summed E-state index contributed by atoms with van der Waals surface area (Å²) in [7, 11) is 3.69. The molecule has 1 aliphatic heterocycles. The monoisotopic (exact) mass is 540 g/mol. The van der Waals surface area contributed by atoms with Crippen molar-refractivity contribution in [3.8, 4) is 17.0 Å². The molecule has 2 aromatic carbocycles. The fraction of sp³-hybridized carbons (Fsp3) is 0.167. The molecule has 2 aromatic heterocycles. The molecule has 1 aliphatic rings. The van der Waals surface area contributed by atoms with Crippen molar-refractivity contribution in [2.24, 2.45) is 0 Å². The first-order valence-corrected chi connectivity index (χ1v) is 12.9. The Labute approximate surface area is 232 Å². The van der Waals surface area contributed by atoms with Gasteiger partial charge in [-0.25, -0.2) is 9.97 Å². The van der Waals surface area contributed by atoms with E-state index in [1.54, 1.807) is 25.5 Å². The van der Waals surface area contributed by atoms with Crippen LogP contribution in [0.2, 0.25) is 5.02 Å². The van der Waals surface area contributed by atoms with Crippen LogP contribution in [-0.4, -0.2) is 53.0 Å². The number of fused-ring (bicyclic) bond motifs is 1. The van der Waals surface area contributed by atoms with Crippen molar-refractivity contribution >= 4 is 51.3 Å². The van der Waals surface area contributed by atoms with Gasteiger partial charge in [0.05, 0.1) is 35.4 Å². The Kier molecular flexibility index (Phi) is 7.76. The molecule has 0 unspecified atom stereocenters. The topological polar surface area (TPSA) is 95.2 Å². The number of methoxy groups -OCH3 is 1. The van der Waals surface area contributed by atoms with Gasteiger partial charge < -0.3 is 25.3 Å². The quantitative estimate of drug-likeness (QED) is 0.176. The number of nitrogens with zero attached hydrogens (tertiary/aromatic N) is 3. The third kappa shape index (κ3) is 5.72. The first kappa shape index (κ1) is 26.2. The summed E-state index contributed by atoms with van der Waals surface area (Å²) in [4.78, 5) is 27.3. The van der Waals surface area contributed by atoms with E-state index in [9.17, 15) is 4.79 Å². The Morgan fingerprint density at radius 1 is 1.23 bits per heavy atom. The number of aromatic nitrogens is 3. The maximum absolute atomic E-state index is 12.6. The van der Waals surface area contributed by atoms with Crippen LogP contribution in [0.5, 0.6) is 5.75 Å². The number of allylic oxidation sites excluding steroid dienone is 2. The molecule has 8 nitrogen and oxygen atoms in total. The van der Waals surface area contributed by atoms with Crippen LogP contribution in [0.4, 0.5) is 17.3 Å². The summed E-state index contributed by atoms with van der Waals surface area (Å²) >= 11 is 6.53. The van der Waals surface area contributed by atoms with Gasteiger partial charge in [-0.2, -0.15) is 0 Å². The SMILES string of the molecule is C=C/C=C/C(=O)Nc1cc(Nc2ncc(Cl)c(-c3c[nH]c4ccccc34)n2)c(OC)cc1C1=CCN(C)CC1. The number of para-hydroxylation sites is 1. The summed E-state index contributed by atoms with van der Waals surface area (Å²) < 4.78 is 5.75. The molecular formula is C30H29ClN6O2. The molecule has 0 radical (unpaired) electrons. The van der Waals surface area contributed by atoms with Crippen molar-refractivity contribution in [1.82, 2.24) is 19.9 Å². The minimum absolute atomic E-state index is 0.259. The number of anilines is 3. The highest BCUT2D eigenvalue weighted by molar-refractivity contribution is 6.33. The summed E-state index contributed by atoms with van der Waals surface area (Å²) in [5.41, 5.74) is 5.76. The van der Waals surface area contributed by atoms with E-state index >= 15 is 0 Å².